The van der Waals surface area contributed by atoms with Gasteiger partial charge in [0, 0.05) is 32.6 Å². The molecular weight excluding hydrogens is 376 g/mol. The Labute approximate surface area is 179 Å². The molecule has 0 bridgehead atoms. The molecule has 1 fully saturated rings. The van der Waals surface area contributed by atoms with Crippen molar-refractivity contribution in [2.45, 2.75) is 38.5 Å². The van der Waals surface area contributed by atoms with Crippen LogP contribution in [0.2, 0.25) is 0 Å². The van der Waals surface area contributed by atoms with Gasteiger partial charge in [0.2, 0.25) is 11.8 Å². The van der Waals surface area contributed by atoms with Gasteiger partial charge in [-0.25, -0.2) is 0 Å². The molecule has 5 heteroatoms. The van der Waals surface area contributed by atoms with E-state index >= 15 is 0 Å². The molecule has 2 aromatic carbocycles. The monoisotopic (exact) mass is 408 g/mol. The van der Waals surface area contributed by atoms with Crippen molar-refractivity contribution < 1.29 is 14.3 Å². The van der Waals surface area contributed by atoms with Crippen LogP contribution in [-0.4, -0.2) is 54.9 Å². The lowest BCUT2D eigenvalue weighted by molar-refractivity contribution is -0.140. The van der Waals surface area contributed by atoms with Crippen LogP contribution in [0.5, 0.6) is 5.75 Å². The van der Waals surface area contributed by atoms with Crippen molar-refractivity contribution in [2.24, 2.45) is 0 Å². The minimum atomic E-state index is -0.0893. The first-order valence-corrected chi connectivity index (χ1v) is 10.9. The lowest BCUT2D eigenvalue weighted by Gasteiger charge is -2.36. The third-order valence-corrected chi connectivity index (χ3v) is 5.81. The first-order valence-electron chi connectivity index (χ1n) is 10.9. The number of carbonyl (C=O) groups is 2. The molecule has 1 aliphatic rings. The Morgan fingerprint density at radius 3 is 2.17 bits per heavy atom. The summed E-state index contributed by atoms with van der Waals surface area (Å²) < 4.78 is 5.17. The molecule has 3 rings (SSSR count). The summed E-state index contributed by atoms with van der Waals surface area (Å²) in [6, 6.07) is 17.9. The van der Waals surface area contributed by atoms with E-state index in [9.17, 15) is 9.59 Å². The van der Waals surface area contributed by atoms with E-state index < -0.39 is 0 Å². The summed E-state index contributed by atoms with van der Waals surface area (Å²) >= 11 is 0. The van der Waals surface area contributed by atoms with E-state index in [1.807, 2.05) is 64.4 Å². The molecule has 1 aliphatic heterocycles. The van der Waals surface area contributed by atoms with E-state index in [4.69, 9.17) is 4.74 Å². The Morgan fingerprint density at radius 2 is 1.57 bits per heavy atom. The fourth-order valence-corrected chi connectivity index (χ4v) is 4.00. The molecule has 1 saturated heterocycles. The quantitative estimate of drug-likeness (QED) is 0.666. The molecule has 0 aliphatic carbocycles. The maximum absolute atomic E-state index is 13.1. The van der Waals surface area contributed by atoms with Gasteiger partial charge < -0.3 is 14.5 Å². The molecule has 5 nitrogen and oxygen atoms in total. The zero-order valence-electron chi connectivity index (χ0n) is 18.0. The minimum Gasteiger partial charge on any atom is -0.497 e. The molecule has 1 heterocycles. The Kier molecular flexibility index (Phi) is 7.89. The zero-order chi connectivity index (χ0) is 21.3. The lowest BCUT2D eigenvalue weighted by atomic mass is 9.93. The van der Waals surface area contributed by atoms with E-state index in [2.05, 4.69) is 6.92 Å². The van der Waals surface area contributed by atoms with Crippen LogP contribution in [0.3, 0.4) is 0 Å². The van der Waals surface area contributed by atoms with Gasteiger partial charge in [0.1, 0.15) is 5.75 Å². The van der Waals surface area contributed by atoms with Crippen LogP contribution in [-0.2, 0) is 16.0 Å². The Balaban J connectivity index is 1.50. The van der Waals surface area contributed by atoms with Crippen LogP contribution in [0.15, 0.2) is 54.6 Å². The van der Waals surface area contributed by atoms with Gasteiger partial charge in [0.05, 0.1) is 13.0 Å². The summed E-state index contributed by atoms with van der Waals surface area (Å²) in [4.78, 5) is 29.6. The lowest BCUT2D eigenvalue weighted by Crippen LogP contribution is -2.51. The number of benzene rings is 2. The second-order valence-electron chi connectivity index (χ2n) is 7.81. The van der Waals surface area contributed by atoms with Gasteiger partial charge in [-0.15, -0.1) is 0 Å². The second kappa shape index (κ2) is 10.8. The van der Waals surface area contributed by atoms with Crippen molar-refractivity contribution in [3.8, 4) is 5.75 Å². The highest BCUT2D eigenvalue weighted by Gasteiger charge is 2.29. The number of hydrogen-bond acceptors (Lipinski definition) is 3. The van der Waals surface area contributed by atoms with Crippen LogP contribution >= 0.6 is 0 Å². The number of carbonyl (C=O) groups excluding carboxylic acids is 2. The van der Waals surface area contributed by atoms with Gasteiger partial charge in [-0.2, -0.15) is 0 Å². The maximum atomic E-state index is 13.1. The molecule has 160 valence electrons. The SMILES string of the molecule is CCCC(C(=O)N1CCN(C(=O)CCc2ccc(OC)cc2)CC1)c1ccccc1. The van der Waals surface area contributed by atoms with Crippen molar-refractivity contribution in [1.82, 2.24) is 9.80 Å². The number of amides is 2. The fraction of sp³-hybridized carbons (Fsp3) is 0.440. The van der Waals surface area contributed by atoms with Gasteiger partial charge in [0.15, 0.2) is 0 Å². The largest absolute Gasteiger partial charge is 0.497 e. The van der Waals surface area contributed by atoms with E-state index in [0.29, 0.717) is 39.0 Å². The van der Waals surface area contributed by atoms with Crippen molar-refractivity contribution >= 4 is 11.8 Å². The molecule has 0 saturated carbocycles. The van der Waals surface area contributed by atoms with Gasteiger partial charge in [-0.1, -0.05) is 55.8 Å². The highest BCUT2D eigenvalue weighted by molar-refractivity contribution is 5.84. The summed E-state index contributed by atoms with van der Waals surface area (Å²) in [7, 11) is 1.65. The predicted octanol–water partition coefficient (Wildman–Crippen LogP) is 3.88. The van der Waals surface area contributed by atoms with Crippen molar-refractivity contribution in [3.05, 3.63) is 65.7 Å². The number of piperazine rings is 1. The topological polar surface area (TPSA) is 49.9 Å². The van der Waals surface area contributed by atoms with E-state index in [-0.39, 0.29) is 17.7 Å². The zero-order valence-corrected chi connectivity index (χ0v) is 18.0. The molecule has 30 heavy (non-hydrogen) atoms. The van der Waals surface area contributed by atoms with E-state index in [0.717, 1.165) is 29.7 Å². The Morgan fingerprint density at radius 1 is 0.933 bits per heavy atom. The summed E-state index contributed by atoms with van der Waals surface area (Å²) in [6.07, 6.45) is 3.02. The van der Waals surface area contributed by atoms with E-state index in [1.165, 1.54) is 0 Å². The molecule has 1 unspecified atom stereocenters. The normalized spacial score (nSPS) is 15.0. The second-order valence-corrected chi connectivity index (χ2v) is 7.81. The average Bonchev–Trinajstić information content (AvgIpc) is 2.81. The fourth-order valence-electron chi connectivity index (χ4n) is 4.00. The Bertz CT molecular complexity index is 812. The molecule has 1 atom stereocenters. The average molecular weight is 409 g/mol. The number of aryl methyl sites for hydroxylation is 1. The van der Waals surface area contributed by atoms with Gasteiger partial charge in [-0.3, -0.25) is 9.59 Å². The van der Waals surface area contributed by atoms with Crippen LogP contribution < -0.4 is 4.74 Å². The van der Waals surface area contributed by atoms with Gasteiger partial charge in [0.25, 0.3) is 0 Å². The molecular formula is C25H32N2O3. The first-order chi connectivity index (χ1) is 14.6. The van der Waals surface area contributed by atoms with Crippen LogP contribution in [0, 0.1) is 0 Å². The van der Waals surface area contributed by atoms with Crippen LogP contribution in [0.1, 0.15) is 43.2 Å². The summed E-state index contributed by atoms with van der Waals surface area (Å²) in [6.45, 7) is 4.56. The minimum absolute atomic E-state index is 0.0893. The smallest absolute Gasteiger partial charge is 0.230 e. The highest BCUT2D eigenvalue weighted by atomic mass is 16.5. The third-order valence-electron chi connectivity index (χ3n) is 5.81. The van der Waals surface area contributed by atoms with Crippen molar-refractivity contribution in [1.29, 1.82) is 0 Å². The number of ether oxygens (including phenoxy) is 1. The van der Waals surface area contributed by atoms with Crippen LogP contribution in [0.4, 0.5) is 0 Å². The van der Waals surface area contributed by atoms with E-state index in [1.54, 1.807) is 7.11 Å². The van der Waals surface area contributed by atoms with Gasteiger partial charge >= 0.3 is 0 Å². The number of nitrogens with zero attached hydrogens (tertiary/aromatic N) is 2. The third kappa shape index (κ3) is 5.62. The molecule has 0 radical (unpaired) electrons. The summed E-state index contributed by atoms with van der Waals surface area (Å²) in [5, 5.41) is 0. The molecule has 2 aromatic rings. The molecule has 0 aromatic heterocycles. The van der Waals surface area contributed by atoms with Crippen LogP contribution in [0.25, 0.3) is 0 Å². The number of hydrogen-bond donors (Lipinski definition) is 0. The standard InChI is InChI=1S/C25H32N2O3/c1-3-7-23(21-8-5-4-6-9-21)25(29)27-18-16-26(17-19-27)24(28)15-12-20-10-13-22(30-2)14-11-20/h4-6,8-11,13-14,23H,3,7,12,15-19H2,1-2H3. The van der Waals surface area contributed by atoms with Gasteiger partial charge in [-0.05, 0) is 36.1 Å². The number of rotatable bonds is 8. The van der Waals surface area contributed by atoms with Crippen molar-refractivity contribution in [2.75, 3.05) is 33.3 Å². The molecule has 0 N–H and O–H groups in total. The summed E-state index contributed by atoms with van der Waals surface area (Å²) in [5.74, 6) is 1.08. The summed E-state index contributed by atoms with van der Waals surface area (Å²) in [5.41, 5.74) is 2.21. The molecule has 2 amide bonds. The maximum Gasteiger partial charge on any atom is 0.230 e. The number of methoxy groups -OCH3 is 1. The Hall–Kier alpha value is -2.82. The first kappa shape index (κ1) is 21.9. The van der Waals surface area contributed by atoms with Crippen molar-refractivity contribution in [3.63, 3.8) is 0 Å². The molecule has 0 spiro atoms. The highest BCUT2D eigenvalue weighted by Crippen LogP contribution is 2.24. The predicted molar refractivity (Wildman–Crippen MR) is 119 cm³/mol.